The van der Waals surface area contributed by atoms with Crippen LogP contribution >= 0.6 is 12.6 Å². The van der Waals surface area contributed by atoms with Crippen molar-refractivity contribution in [3.05, 3.63) is 35.6 Å². The molecule has 0 unspecified atom stereocenters. The molecule has 1 rings (SSSR count). The molecular weight excluding hydrogens is 197 g/mol. The van der Waals surface area contributed by atoms with Crippen LogP contribution in [0.4, 0.5) is 4.39 Å². The molecule has 0 aromatic heterocycles. The maximum Gasteiger partial charge on any atom is 0.123 e. The Hall–Kier alpha value is -0.540. The number of benzene rings is 1. The third kappa shape index (κ3) is 4.11. The van der Waals surface area contributed by atoms with Gasteiger partial charge in [-0.2, -0.15) is 12.6 Å². The van der Waals surface area contributed by atoms with Gasteiger partial charge >= 0.3 is 0 Å². The summed E-state index contributed by atoms with van der Waals surface area (Å²) in [6.45, 7) is 1.90. The summed E-state index contributed by atoms with van der Waals surface area (Å²) in [6, 6.07) is 6.66. The SMILES string of the molecule is CN(CCCS)Cc1ccc(F)cc1. The highest BCUT2D eigenvalue weighted by molar-refractivity contribution is 7.80. The van der Waals surface area contributed by atoms with Gasteiger partial charge in [-0.05, 0) is 43.5 Å². The monoisotopic (exact) mass is 213 g/mol. The molecule has 0 heterocycles. The third-order valence-electron chi connectivity index (χ3n) is 2.06. The molecule has 0 aliphatic carbocycles. The molecule has 0 spiro atoms. The van der Waals surface area contributed by atoms with Crippen LogP contribution in [0.15, 0.2) is 24.3 Å². The molecular formula is C11H16FNS. The van der Waals surface area contributed by atoms with Crippen LogP contribution in [-0.4, -0.2) is 24.2 Å². The maximum absolute atomic E-state index is 12.6. The Morgan fingerprint density at radius 3 is 2.50 bits per heavy atom. The van der Waals surface area contributed by atoms with Gasteiger partial charge in [-0.1, -0.05) is 12.1 Å². The van der Waals surface area contributed by atoms with Gasteiger partial charge in [-0.15, -0.1) is 0 Å². The van der Waals surface area contributed by atoms with Gasteiger partial charge in [0, 0.05) is 6.54 Å². The average Bonchev–Trinajstić information content (AvgIpc) is 2.18. The minimum atomic E-state index is -0.174. The average molecular weight is 213 g/mol. The Morgan fingerprint density at radius 2 is 1.93 bits per heavy atom. The fourth-order valence-corrected chi connectivity index (χ4v) is 1.46. The van der Waals surface area contributed by atoms with E-state index in [2.05, 4.69) is 24.6 Å². The van der Waals surface area contributed by atoms with Crippen LogP contribution in [-0.2, 0) is 6.54 Å². The van der Waals surface area contributed by atoms with Gasteiger partial charge in [0.25, 0.3) is 0 Å². The summed E-state index contributed by atoms with van der Waals surface area (Å²) in [6.07, 6.45) is 1.08. The van der Waals surface area contributed by atoms with Gasteiger partial charge in [0.05, 0.1) is 0 Å². The van der Waals surface area contributed by atoms with Crippen LogP contribution < -0.4 is 0 Å². The number of nitrogens with zero attached hydrogens (tertiary/aromatic N) is 1. The second kappa shape index (κ2) is 6.04. The zero-order valence-corrected chi connectivity index (χ0v) is 9.30. The summed E-state index contributed by atoms with van der Waals surface area (Å²) in [4.78, 5) is 2.21. The lowest BCUT2D eigenvalue weighted by Crippen LogP contribution is -2.19. The molecule has 0 N–H and O–H groups in total. The first kappa shape index (κ1) is 11.5. The molecule has 0 saturated heterocycles. The molecule has 0 saturated carbocycles. The molecule has 0 aliphatic heterocycles. The normalized spacial score (nSPS) is 10.9. The molecule has 1 aromatic carbocycles. The summed E-state index contributed by atoms with van der Waals surface area (Å²) < 4.78 is 12.6. The number of hydrogen-bond donors (Lipinski definition) is 1. The van der Waals surface area contributed by atoms with Crippen LogP contribution in [0.3, 0.4) is 0 Å². The maximum atomic E-state index is 12.6. The van der Waals surface area contributed by atoms with Crippen LogP contribution in [0.2, 0.25) is 0 Å². The smallest absolute Gasteiger partial charge is 0.123 e. The predicted octanol–water partition coefficient (Wildman–Crippen LogP) is 2.58. The van der Waals surface area contributed by atoms with Crippen molar-refractivity contribution in [3.8, 4) is 0 Å². The summed E-state index contributed by atoms with van der Waals surface area (Å²) in [5, 5.41) is 0. The summed E-state index contributed by atoms with van der Waals surface area (Å²) in [5.41, 5.74) is 1.15. The molecule has 1 aromatic rings. The number of halogens is 1. The first-order valence-electron chi connectivity index (χ1n) is 4.76. The first-order valence-corrected chi connectivity index (χ1v) is 5.39. The summed E-state index contributed by atoms with van der Waals surface area (Å²) in [5.74, 6) is 0.736. The second-order valence-corrected chi connectivity index (χ2v) is 3.89. The largest absolute Gasteiger partial charge is 0.302 e. The Balaban J connectivity index is 2.39. The Morgan fingerprint density at radius 1 is 1.29 bits per heavy atom. The van der Waals surface area contributed by atoms with Crippen LogP contribution in [0.25, 0.3) is 0 Å². The van der Waals surface area contributed by atoms with Gasteiger partial charge < -0.3 is 4.90 Å². The molecule has 0 radical (unpaired) electrons. The number of rotatable bonds is 5. The van der Waals surface area contributed by atoms with Crippen molar-refractivity contribution >= 4 is 12.6 Å². The van der Waals surface area contributed by atoms with Crippen LogP contribution in [0, 0.1) is 5.82 Å². The lowest BCUT2D eigenvalue weighted by Gasteiger charge is -2.15. The second-order valence-electron chi connectivity index (χ2n) is 3.44. The first-order chi connectivity index (χ1) is 6.72. The lowest BCUT2D eigenvalue weighted by molar-refractivity contribution is 0.328. The Kier molecular flexibility index (Phi) is 4.98. The molecule has 0 aliphatic rings. The van der Waals surface area contributed by atoms with Crippen molar-refractivity contribution in [1.29, 1.82) is 0 Å². The molecule has 0 atom stereocenters. The van der Waals surface area contributed by atoms with Crippen molar-refractivity contribution in [2.45, 2.75) is 13.0 Å². The fraction of sp³-hybridized carbons (Fsp3) is 0.455. The van der Waals surface area contributed by atoms with Crippen molar-refractivity contribution in [2.75, 3.05) is 19.3 Å². The van der Waals surface area contributed by atoms with Gasteiger partial charge in [0.2, 0.25) is 0 Å². The van der Waals surface area contributed by atoms with E-state index in [1.165, 1.54) is 12.1 Å². The van der Waals surface area contributed by atoms with E-state index in [-0.39, 0.29) is 5.82 Å². The van der Waals surface area contributed by atoms with Gasteiger partial charge in [0.1, 0.15) is 5.82 Å². The van der Waals surface area contributed by atoms with Crippen molar-refractivity contribution < 1.29 is 4.39 Å². The highest BCUT2D eigenvalue weighted by atomic mass is 32.1. The zero-order valence-electron chi connectivity index (χ0n) is 8.41. The summed E-state index contributed by atoms with van der Waals surface area (Å²) >= 11 is 4.16. The van der Waals surface area contributed by atoms with E-state index in [1.807, 2.05) is 12.1 Å². The minimum Gasteiger partial charge on any atom is -0.302 e. The van der Waals surface area contributed by atoms with Gasteiger partial charge in [-0.25, -0.2) is 4.39 Å². The van der Waals surface area contributed by atoms with Crippen molar-refractivity contribution in [2.24, 2.45) is 0 Å². The van der Waals surface area contributed by atoms with Crippen molar-refractivity contribution in [3.63, 3.8) is 0 Å². The molecule has 14 heavy (non-hydrogen) atoms. The van der Waals surface area contributed by atoms with Crippen LogP contribution in [0.1, 0.15) is 12.0 Å². The van der Waals surface area contributed by atoms with E-state index in [1.54, 1.807) is 0 Å². The van der Waals surface area contributed by atoms with Crippen LogP contribution in [0.5, 0.6) is 0 Å². The summed E-state index contributed by atoms with van der Waals surface area (Å²) in [7, 11) is 2.06. The highest BCUT2D eigenvalue weighted by Gasteiger charge is 1.99. The quantitative estimate of drug-likeness (QED) is 0.736. The predicted molar refractivity (Wildman–Crippen MR) is 61.2 cm³/mol. The topological polar surface area (TPSA) is 3.24 Å². The standard InChI is InChI=1S/C11H16FNS/c1-13(7-2-8-14)9-10-3-5-11(12)6-4-10/h3-6,14H,2,7-9H2,1H3. The Labute approximate surface area is 90.3 Å². The van der Waals surface area contributed by atoms with E-state index >= 15 is 0 Å². The van der Waals surface area contributed by atoms with Gasteiger partial charge in [-0.3, -0.25) is 0 Å². The lowest BCUT2D eigenvalue weighted by atomic mass is 10.2. The minimum absolute atomic E-state index is 0.174. The van der Waals surface area contributed by atoms with E-state index < -0.39 is 0 Å². The van der Waals surface area contributed by atoms with Gasteiger partial charge in [0.15, 0.2) is 0 Å². The third-order valence-corrected chi connectivity index (χ3v) is 2.38. The zero-order chi connectivity index (χ0) is 10.4. The highest BCUT2D eigenvalue weighted by Crippen LogP contribution is 2.05. The van der Waals surface area contributed by atoms with Crippen molar-refractivity contribution in [1.82, 2.24) is 4.90 Å². The molecule has 3 heteroatoms. The molecule has 0 bridgehead atoms. The Bertz CT molecular complexity index is 260. The van der Waals surface area contributed by atoms with E-state index in [0.29, 0.717) is 0 Å². The molecule has 78 valence electrons. The van der Waals surface area contributed by atoms with E-state index in [0.717, 1.165) is 30.8 Å². The van der Waals surface area contributed by atoms with E-state index in [4.69, 9.17) is 0 Å². The fourth-order valence-electron chi connectivity index (χ4n) is 1.32. The number of thiol groups is 1. The molecule has 1 nitrogen and oxygen atoms in total. The van der Waals surface area contributed by atoms with E-state index in [9.17, 15) is 4.39 Å². The number of hydrogen-bond acceptors (Lipinski definition) is 2. The molecule has 0 amide bonds. The molecule has 0 fully saturated rings.